The summed E-state index contributed by atoms with van der Waals surface area (Å²) in [5, 5.41) is 4.56. The van der Waals surface area contributed by atoms with Crippen molar-refractivity contribution in [3.63, 3.8) is 0 Å². The summed E-state index contributed by atoms with van der Waals surface area (Å²) in [7, 11) is 0. The van der Waals surface area contributed by atoms with Crippen molar-refractivity contribution in [2.24, 2.45) is 0 Å². The molecule has 1 aromatic carbocycles. The van der Waals surface area contributed by atoms with E-state index >= 15 is 0 Å². The summed E-state index contributed by atoms with van der Waals surface area (Å²) in [5.74, 6) is 1.24. The fourth-order valence-corrected chi connectivity index (χ4v) is 3.77. The second-order valence-corrected chi connectivity index (χ2v) is 6.80. The number of piperidine rings is 1. The first-order valence-electron chi connectivity index (χ1n) is 8.84. The zero-order valence-electron chi connectivity index (χ0n) is 14.7. The van der Waals surface area contributed by atoms with Crippen LogP contribution in [0.5, 0.6) is 11.5 Å². The third-order valence-electron chi connectivity index (χ3n) is 5.00. The van der Waals surface area contributed by atoms with E-state index in [9.17, 15) is 4.79 Å². The maximum Gasteiger partial charge on any atom is 0.258 e. The molecule has 0 saturated carbocycles. The molecule has 2 aliphatic rings. The molecule has 6 heteroatoms. The van der Waals surface area contributed by atoms with Gasteiger partial charge in [-0.15, -0.1) is 0 Å². The van der Waals surface area contributed by atoms with Crippen molar-refractivity contribution in [1.82, 2.24) is 14.7 Å². The predicted molar refractivity (Wildman–Crippen MR) is 92.9 cm³/mol. The number of rotatable bonds is 3. The van der Waals surface area contributed by atoms with Gasteiger partial charge in [-0.1, -0.05) is 6.07 Å². The number of ether oxygens (including phenoxy) is 2. The molecular weight excluding hydrogens is 318 g/mol. The lowest BCUT2D eigenvalue weighted by Crippen LogP contribution is -2.46. The Bertz CT molecular complexity index is 799. The molecule has 0 aliphatic carbocycles. The quantitative estimate of drug-likeness (QED) is 0.861. The second-order valence-electron chi connectivity index (χ2n) is 6.80. The summed E-state index contributed by atoms with van der Waals surface area (Å²) >= 11 is 0. The van der Waals surface area contributed by atoms with Gasteiger partial charge < -0.3 is 14.4 Å². The standard InChI is InChI=1S/C19H23N3O3/c1-13-10-14(2)22(20-13)11-15-6-3-4-9-21(15)19(23)16-7-5-8-17-18(16)25-12-24-17/h5,7-8,10,15H,3-4,6,9,11-12H2,1-2H3/t15-/m0/s1. The van der Waals surface area contributed by atoms with E-state index in [0.717, 1.165) is 43.7 Å². The Morgan fingerprint density at radius 2 is 2.16 bits per heavy atom. The average molecular weight is 341 g/mol. The van der Waals surface area contributed by atoms with Gasteiger partial charge in [-0.05, 0) is 51.3 Å². The van der Waals surface area contributed by atoms with Crippen LogP contribution < -0.4 is 9.47 Å². The van der Waals surface area contributed by atoms with Crippen LogP contribution in [0.25, 0.3) is 0 Å². The summed E-state index contributed by atoms with van der Waals surface area (Å²) < 4.78 is 13.0. The van der Waals surface area contributed by atoms with Gasteiger partial charge in [0.1, 0.15) is 0 Å². The summed E-state index contributed by atoms with van der Waals surface area (Å²) in [5.41, 5.74) is 2.74. The number of likely N-dealkylation sites (tertiary alicyclic amines) is 1. The number of carbonyl (C=O) groups is 1. The number of hydrogen-bond acceptors (Lipinski definition) is 4. The Morgan fingerprint density at radius 1 is 1.28 bits per heavy atom. The summed E-state index contributed by atoms with van der Waals surface area (Å²) in [4.78, 5) is 15.2. The van der Waals surface area contributed by atoms with Crippen molar-refractivity contribution in [3.05, 3.63) is 41.2 Å². The van der Waals surface area contributed by atoms with E-state index in [4.69, 9.17) is 9.47 Å². The van der Waals surface area contributed by atoms with Crippen LogP contribution in [0.2, 0.25) is 0 Å². The zero-order valence-corrected chi connectivity index (χ0v) is 14.7. The van der Waals surface area contributed by atoms with E-state index in [2.05, 4.69) is 18.1 Å². The molecule has 0 spiro atoms. The highest BCUT2D eigenvalue weighted by Crippen LogP contribution is 2.36. The van der Waals surface area contributed by atoms with Crippen LogP contribution in [0, 0.1) is 13.8 Å². The van der Waals surface area contributed by atoms with Gasteiger partial charge in [0.2, 0.25) is 6.79 Å². The number of carbonyl (C=O) groups excluding carboxylic acids is 1. The van der Waals surface area contributed by atoms with Crippen molar-refractivity contribution >= 4 is 5.91 Å². The van der Waals surface area contributed by atoms with E-state index in [-0.39, 0.29) is 18.7 Å². The van der Waals surface area contributed by atoms with Crippen molar-refractivity contribution in [1.29, 1.82) is 0 Å². The molecule has 0 N–H and O–H groups in total. The largest absolute Gasteiger partial charge is 0.454 e. The molecule has 4 rings (SSSR count). The van der Waals surface area contributed by atoms with Gasteiger partial charge in [-0.25, -0.2) is 0 Å². The van der Waals surface area contributed by atoms with Crippen LogP contribution in [0.4, 0.5) is 0 Å². The zero-order chi connectivity index (χ0) is 17.4. The smallest absolute Gasteiger partial charge is 0.258 e. The van der Waals surface area contributed by atoms with Crippen LogP contribution in [0.1, 0.15) is 41.0 Å². The van der Waals surface area contributed by atoms with Crippen molar-refractivity contribution in [2.75, 3.05) is 13.3 Å². The minimum atomic E-state index is 0.0218. The van der Waals surface area contributed by atoms with Gasteiger partial charge in [-0.3, -0.25) is 9.48 Å². The van der Waals surface area contributed by atoms with E-state index in [0.29, 0.717) is 17.1 Å². The van der Waals surface area contributed by atoms with Crippen molar-refractivity contribution in [2.45, 2.75) is 45.7 Å². The predicted octanol–water partition coefficient (Wildman–Crippen LogP) is 2.92. The molecule has 0 radical (unpaired) electrons. The minimum Gasteiger partial charge on any atom is -0.454 e. The highest BCUT2D eigenvalue weighted by molar-refractivity contribution is 5.98. The molecule has 0 unspecified atom stereocenters. The van der Waals surface area contributed by atoms with Gasteiger partial charge >= 0.3 is 0 Å². The van der Waals surface area contributed by atoms with Gasteiger partial charge in [0, 0.05) is 12.2 Å². The van der Waals surface area contributed by atoms with Crippen LogP contribution in [0.15, 0.2) is 24.3 Å². The number of nitrogens with zero attached hydrogens (tertiary/aromatic N) is 3. The summed E-state index contributed by atoms with van der Waals surface area (Å²) in [6.07, 6.45) is 3.17. The number of amides is 1. The van der Waals surface area contributed by atoms with Crippen LogP contribution >= 0.6 is 0 Å². The van der Waals surface area contributed by atoms with Crippen LogP contribution in [-0.2, 0) is 6.54 Å². The monoisotopic (exact) mass is 341 g/mol. The van der Waals surface area contributed by atoms with Crippen LogP contribution in [-0.4, -0.2) is 40.0 Å². The lowest BCUT2D eigenvalue weighted by molar-refractivity contribution is 0.0578. The summed E-state index contributed by atoms with van der Waals surface area (Å²) in [6, 6.07) is 7.73. The van der Waals surface area contributed by atoms with Gasteiger partial charge in [-0.2, -0.15) is 5.10 Å². The molecule has 3 heterocycles. The number of para-hydroxylation sites is 1. The maximum atomic E-state index is 13.2. The third kappa shape index (κ3) is 2.97. The lowest BCUT2D eigenvalue weighted by atomic mass is 10.00. The molecule has 0 bridgehead atoms. The molecule has 1 saturated heterocycles. The van der Waals surface area contributed by atoms with Gasteiger partial charge in [0.05, 0.1) is 23.8 Å². The van der Waals surface area contributed by atoms with Crippen molar-refractivity contribution < 1.29 is 14.3 Å². The minimum absolute atomic E-state index is 0.0218. The molecule has 1 aromatic heterocycles. The number of hydrogen-bond donors (Lipinski definition) is 0. The summed E-state index contributed by atoms with van der Waals surface area (Å²) in [6.45, 7) is 5.74. The normalized spacial score (nSPS) is 19.3. The topological polar surface area (TPSA) is 56.6 Å². The highest BCUT2D eigenvalue weighted by Gasteiger charge is 2.31. The molecule has 1 atom stereocenters. The molecule has 2 aromatic rings. The maximum absolute atomic E-state index is 13.2. The highest BCUT2D eigenvalue weighted by atomic mass is 16.7. The number of aromatic nitrogens is 2. The SMILES string of the molecule is Cc1cc(C)n(C[C@@H]2CCCCN2C(=O)c2cccc3c2OCO3)n1. The van der Waals surface area contributed by atoms with Crippen molar-refractivity contribution in [3.8, 4) is 11.5 Å². The first kappa shape index (κ1) is 16.0. The van der Waals surface area contributed by atoms with Gasteiger partial charge in [0.25, 0.3) is 5.91 Å². The van der Waals surface area contributed by atoms with E-state index in [1.165, 1.54) is 0 Å². The first-order chi connectivity index (χ1) is 12.1. The molecule has 132 valence electrons. The molecule has 25 heavy (non-hydrogen) atoms. The fourth-order valence-electron chi connectivity index (χ4n) is 3.77. The molecule has 2 aliphatic heterocycles. The second kappa shape index (κ2) is 6.43. The third-order valence-corrected chi connectivity index (χ3v) is 5.00. The first-order valence-corrected chi connectivity index (χ1v) is 8.84. The lowest BCUT2D eigenvalue weighted by Gasteiger charge is -2.36. The van der Waals surface area contributed by atoms with E-state index in [1.807, 2.05) is 34.7 Å². The molecule has 1 amide bonds. The Balaban J connectivity index is 1.60. The Hall–Kier alpha value is -2.50. The number of fused-ring (bicyclic) bond motifs is 1. The fraction of sp³-hybridized carbons (Fsp3) is 0.474. The van der Waals surface area contributed by atoms with E-state index in [1.54, 1.807) is 0 Å². The Labute approximate surface area is 147 Å². The molecule has 6 nitrogen and oxygen atoms in total. The molecule has 1 fully saturated rings. The Morgan fingerprint density at radius 3 is 2.96 bits per heavy atom. The van der Waals surface area contributed by atoms with E-state index < -0.39 is 0 Å². The molecular formula is C19H23N3O3. The average Bonchev–Trinajstić information content (AvgIpc) is 3.21. The number of aryl methyl sites for hydroxylation is 2. The van der Waals surface area contributed by atoms with Gasteiger partial charge in [0.15, 0.2) is 11.5 Å². The Kier molecular flexibility index (Phi) is 4.11. The number of benzene rings is 1. The van der Waals surface area contributed by atoms with Crippen LogP contribution in [0.3, 0.4) is 0 Å².